The Morgan fingerprint density at radius 3 is 2.46 bits per heavy atom. The zero-order valence-corrected chi connectivity index (χ0v) is 19.9. The van der Waals surface area contributed by atoms with Gasteiger partial charge in [-0.3, -0.25) is 19.2 Å². The molecule has 12 heteroatoms. The van der Waals surface area contributed by atoms with E-state index in [2.05, 4.69) is 10.6 Å². The van der Waals surface area contributed by atoms with E-state index in [9.17, 15) is 37.5 Å². The molecule has 0 spiro atoms. The van der Waals surface area contributed by atoms with E-state index in [1.165, 1.54) is 4.90 Å². The van der Waals surface area contributed by atoms with Gasteiger partial charge in [0.15, 0.2) is 0 Å². The predicted octanol–water partition coefficient (Wildman–Crippen LogP) is 0.320. The molecule has 35 heavy (non-hydrogen) atoms. The molecule has 0 aromatic carbocycles. The molecule has 4 N–H and O–H groups in total. The van der Waals surface area contributed by atoms with Gasteiger partial charge in [-0.1, -0.05) is 13.8 Å². The lowest BCUT2D eigenvalue weighted by Gasteiger charge is -2.34. The number of carbonyl (C=O) groups is 4. The summed E-state index contributed by atoms with van der Waals surface area (Å²) in [6.45, 7) is 4.37. The van der Waals surface area contributed by atoms with Gasteiger partial charge in [-0.15, -0.1) is 0 Å². The second-order valence-corrected chi connectivity index (χ2v) is 10.9. The van der Waals surface area contributed by atoms with Gasteiger partial charge >= 0.3 is 12.1 Å². The van der Waals surface area contributed by atoms with Gasteiger partial charge in [0, 0.05) is 19.0 Å². The van der Waals surface area contributed by atoms with Gasteiger partial charge < -0.3 is 26.0 Å². The molecular weight excluding hydrogens is 469 g/mol. The van der Waals surface area contributed by atoms with Crippen LogP contribution in [0.25, 0.3) is 0 Å². The van der Waals surface area contributed by atoms with Crippen molar-refractivity contribution in [2.24, 2.45) is 29.1 Å². The third-order valence-electron chi connectivity index (χ3n) is 8.20. The Kier molecular flexibility index (Phi) is 6.80. The van der Waals surface area contributed by atoms with Crippen LogP contribution in [0.1, 0.15) is 46.0 Å². The number of hydrogen-bond acceptors (Lipinski definition) is 5. The first kappa shape index (κ1) is 25.7. The smallest absolute Gasteiger partial charge is 0.394 e. The minimum atomic E-state index is -5.11. The topological polar surface area (TPSA) is 128 Å². The molecule has 0 aromatic heterocycles. The van der Waals surface area contributed by atoms with Crippen LogP contribution in [0.3, 0.4) is 0 Å². The lowest BCUT2D eigenvalue weighted by Crippen LogP contribution is -2.58. The molecule has 2 saturated heterocycles. The van der Waals surface area contributed by atoms with Crippen LogP contribution in [0.5, 0.6) is 0 Å². The van der Waals surface area contributed by atoms with E-state index in [0.717, 1.165) is 6.42 Å². The molecule has 4 amide bonds. The molecule has 0 bridgehead atoms. The number of hydrogen-bond donors (Lipinski definition) is 4. The van der Waals surface area contributed by atoms with E-state index in [0.29, 0.717) is 25.8 Å². The number of likely N-dealkylation sites (tertiary alicyclic amines) is 1. The van der Waals surface area contributed by atoms with E-state index in [1.54, 1.807) is 0 Å². The Bertz CT molecular complexity index is 891. The highest BCUT2D eigenvalue weighted by Gasteiger charge is 2.70. The molecule has 0 unspecified atom stereocenters. The molecule has 2 aliphatic carbocycles. The summed E-state index contributed by atoms with van der Waals surface area (Å²) in [6, 6.07) is -2.95. The molecule has 2 heterocycles. The largest absolute Gasteiger partial charge is 0.471 e. The van der Waals surface area contributed by atoms with E-state index >= 15 is 0 Å². The first-order valence-electron chi connectivity index (χ1n) is 12.2. The SMILES string of the molecule is CC1(C)[C@@H]2[C@@H](C(=O)N[C@H](CO)C[C@@H]3CCCNC3=O)N(C(=O)[C@@H](NC(=O)C(F)(F)F)C3CC3)C[C@@H]21. The Morgan fingerprint density at radius 1 is 1.20 bits per heavy atom. The number of amides is 4. The number of aliphatic hydroxyl groups is 1. The van der Waals surface area contributed by atoms with Gasteiger partial charge in [0.25, 0.3) is 0 Å². The molecule has 9 nitrogen and oxygen atoms in total. The fraction of sp³-hybridized carbons (Fsp3) is 0.826. The van der Waals surface area contributed by atoms with Crippen molar-refractivity contribution in [2.45, 2.75) is 70.3 Å². The molecule has 2 aliphatic heterocycles. The molecule has 4 rings (SSSR count). The van der Waals surface area contributed by atoms with Crippen LogP contribution in [0, 0.1) is 29.1 Å². The molecule has 0 radical (unpaired) electrons. The quantitative estimate of drug-likeness (QED) is 0.380. The maximum Gasteiger partial charge on any atom is 0.471 e. The van der Waals surface area contributed by atoms with Gasteiger partial charge in [0.1, 0.15) is 12.1 Å². The second kappa shape index (κ2) is 9.25. The molecule has 0 aromatic rings. The zero-order valence-electron chi connectivity index (χ0n) is 19.9. The average molecular weight is 503 g/mol. The van der Waals surface area contributed by atoms with Crippen molar-refractivity contribution in [2.75, 3.05) is 19.7 Å². The van der Waals surface area contributed by atoms with E-state index < -0.39 is 47.9 Å². The maximum absolute atomic E-state index is 13.4. The fourth-order valence-corrected chi connectivity index (χ4v) is 5.90. The monoisotopic (exact) mass is 502 g/mol. The summed E-state index contributed by atoms with van der Waals surface area (Å²) >= 11 is 0. The highest BCUT2D eigenvalue weighted by Crippen LogP contribution is 2.65. The molecule has 6 atom stereocenters. The van der Waals surface area contributed by atoms with Crippen LogP contribution in [0.4, 0.5) is 13.2 Å². The number of fused-ring (bicyclic) bond motifs is 1. The fourth-order valence-electron chi connectivity index (χ4n) is 5.90. The van der Waals surface area contributed by atoms with Crippen molar-refractivity contribution in [3.63, 3.8) is 0 Å². The molecule has 4 aliphatic rings. The first-order valence-corrected chi connectivity index (χ1v) is 12.2. The van der Waals surface area contributed by atoms with Gasteiger partial charge in [-0.2, -0.15) is 13.2 Å². The van der Waals surface area contributed by atoms with Crippen LogP contribution < -0.4 is 16.0 Å². The summed E-state index contributed by atoms with van der Waals surface area (Å²) in [5.41, 5.74) is -0.221. The standard InChI is InChI=1S/C23H33F3N4O5/c1-22(2)14-9-30(20(34)16(11-5-6-11)29-21(35)23(24,25)26)17(15(14)22)19(33)28-13(10-31)8-12-4-3-7-27-18(12)32/h11-17,31H,3-10H2,1-2H3,(H,27,32)(H,28,33)(H,29,35)/t12-,13-,14-,15-,16-,17-/m0/s1. The third-order valence-corrected chi connectivity index (χ3v) is 8.20. The van der Waals surface area contributed by atoms with Gasteiger partial charge in [-0.25, -0.2) is 0 Å². The first-order chi connectivity index (χ1) is 16.4. The third kappa shape index (κ3) is 5.12. The van der Waals surface area contributed by atoms with Gasteiger partial charge in [0.05, 0.1) is 12.6 Å². The normalized spacial score (nSPS) is 31.1. The minimum absolute atomic E-state index is 0.0112. The van der Waals surface area contributed by atoms with E-state index in [4.69, 9.17) is 0 Å². The number of halogens is 3. The second-order valence-electron chi connectivity index (χ2n) is 10.9. The van der Waals surface area contributed by atoms with Gasteiger partial charge in [0.2, 0.25) is 17.7 Å². The number of aliphatic hydroxyl groups excluding tert-OH is 1. The van der Waals surface area contributed by atoms with Gasteiger partial charge in [-0.05, 0) is 55.3 Å². The van der Waals surface area contributed by atoms with Crippen molar-refractivity contribution in [3.05, 3.63) is 0 Å². The molecule has 2 saturated carbocycles. The van der Waals surface area contributed by atoms with Crippen LogP contribution in [-0.2, 0) is 19.2 Å². The lowest BCUT2D eigenvalue weighted by molar-refractivity contribution is -0.175. The van der Waals surface area contributed by atoms with Crippen molar-refractivity contribution in [3.8, 4) is 0 Å². The Hall–Kier alpha value is -2.37. The Balaban J connectivity index is 1.48. The summed E-state index contributed by atoms with van der Waals surface area (Å²) in [7, 11) is 0. The molecule has 4 fully saturated rings. The van der Waals surface area contributed by atoms with Crippen LogP contribution >= 0.6 is 0 Å². The molecule has 196 valence electrons. The van der Waals surface area contributed by atoms with E-state index in [1.807, 2.05) is 19.2 Å². The zero-order chi connectivity index (χ0) is 25.7. The van der Waals surface area contributed by atoms with Crippen LogP contribution in [0.15, 0.2) is 0 Å². The summed E-state index contributed by atoms with van der Waals surface area (Å²) in [5, 5.41) is 17.2. The Morgan fingerprint density at radius 2 is 1.89 bits per heavy atom. The summed E-state index contributed by atoms with van der Waals surface area (Å²) in [6.07, 6.45) is -2.37. The van der Waals surface area contributed by atoms with Crippen molar-refractivity contribution in [1.29, 1.82) is 0 Å². The van der Waals surface area contributed by atoms with Crippen LogP contribution in [0.2, 0.25) is 0 Å². The number of rotatable bonds is 8. The maximum atomic E-state index is 13.4. The summed E-state index contributed by atoms with van der Waals surface area (Å²) < 4.78 is 38.6. The summed E-state index contributed by atoms with van der Waals surface area (Å²) in [4.78, 5) is 51.7. The number of nitrogens with zero attached hydrogens (tertiary/aromatic N) is 1. The van der Waals surface area contributed by atoms with Crippen molar-refractivity contribution in [1.82, 2.24) is 20.9 Å². The summed E-state index contributed by atoms with van der Waals surface area (Å²) in [5.74, 6) is -4.37. The van der Waals surface area contributed by atoms with E-state index in [-0.39, 0.29) is 48.6 Å². The predicted molar refractivity (Wildman–Crippen MR) is 116 cm³/mol. The number of alkyl halides is 3. The number of nitrogens with one attached hydrogen (secondary N) is 3. The lowest BCUT2D eigenvalue weighted by atomic mass is 9.91. The van der Waals surface area contributed by atoms with Crippen molar-refractivity contribution >= 4 is 23.6 Å². The minimum Gasteiger partial charge on any atom is -0.394 e. The highest BCUT2D eigenvalue weighted by atomic mass is 19.4. The van der Waals surface area contributed by atoms with Crippen molar-refractivity contribution < 1.29 is 37.5 Å². The number of piperidine rings is 2. The average Bonchev–Trinajstić information content (AvgIpc) is 3.65. The highest BCUT2D eigenvalue weighted by molar-refractivity contribution is 5.94. The van der Waals surface area contributed by atoms with Crippen LogP contribution in [-0.4, -0.2) is 77.6 Å². The number of carbonyl (C=O) groups excluding carboxylic acids is 4. The molecular formula is C23H33F3N4O5. The Labute approximate surface area is 201 Å².